The van der Waals surface area contributed by atoms with Gasteiger partial charge in [-0.3, -0.25) is 0 Å². The first-order valence-electron chi connectivity index (χ1n) is 4.91. The molecule has 1 aliphatic heterocycles. The molecule has 96 valence electrons. The van der Waals surface area contributed by atoms with Crippen molar-refractivity contribution >= 4 is 31.5 Å². The van der Waals surface area contributed by atoms with E-state index in [9.17, 15) is 16.8 Å². The molecule has 0 bridgehead atoms. The van der Waals surface area contributed by atoms with E-state index in [1.165, 1.54) is 4.31 Å². The molecule has 1 aliphatic rings. The summed E-state index contributed by atoms with van der Waals surface area (Å²) in [4.78, 5) is 0. The minimum Gasteiger partial charge on any atom is -0.228 e. The molecule has 0 spiro atoms. The molecule has 0 radical (unpaired) electrons. The summed E-state index contributed by atoms with van der Waals surface area (Å²) in [5, 5.41) is -1.08. The molecule has 0 aliphatic carbocycles. The molecule has 0 saturated carbocycles. The lowest BCUT2D eigenvalue weighted by Gasteiger charge is -2.32. The third kappa shape index (κ3) is 3.87. The first-order chi connectivity index (χ1) is 7.12. The number of hydrogen-bond acceptors (Lipinski definition) is 4. The highest BCUT2D eigenvalue weighted by Gasteiger charge is 2.33. The third-order valence-corrected chi connectivity index (χ3v) is 7.18. The Bertz CT molecular complexity index is 445. The zero-order valence-electron chi connectivity index (χ0n) is 9.26. The van der Waals surface area contributed by atoms with Crippen LogP contribution < -0.4 is 0 Å². The zero-order chi connectivity index (χ0) is 12.6. The lowest BCUT2D eigenvalue weighted by molar-refractivity contribution is 0.294. The molecule has 1 rings (SSSR count). The van der Waals surface area contributed by atoms with Crippen molar-refractivity contribution in [3.05, 3.63) is 0 Å². The molecule has 16 heavy (non-hydrogen) atoms. The van der Waals surface area contributed by atoms with Crippen LogP contribution in [0.1, 0.15) is 13.3 Å². The van der Waals surface area contributed by atoms with Gasteiger partial charge in [-0.2, -0.15) is 4.31 Å². The largest absolute Gasteiger partial charge is 0.228 e. The van der Waals surface area contributed by atoms with Crippen LogP contribution in [0, 0.1) is 5.92 Å². The molecule has 2 atom stereocenters. The van der Waals surface area contributed by atoms with Crippen molar-refractivity contribution in [1.29, 1.82) is 0 Å². The Morgan fingerprint density at radius 1 is 1.31 bits per heavy atom. The number of halogens is 1. The van der Waals surface area contributed by atoms with Gasteiger partial charge in [0.2, 0.25) is 10.0 Å². The molecule has 0 N–H and O–H groups in total. The van der Waals surface area contributed by atoms with Gasteiger partial charge in [-0.1, -0.05) is 6.92 Å². The number of sulfonamides is 1. The highest BCUT2D eigenvalue weighted by atomic mass is 35.5. The van der Waals surface area contributed by atoms with Gasteiger partial charge < -0.3 is 0 Å². The topological polar surface area (TPSA) is 71.5 Å². The number of nitrogens with zero attached hydrogens (tertiary/aromatic N) is 1. The fraction of sp³-hybridized carbons (Fsp3) is 1.00. The smallest absolute Gasteiger partial charge is 0.228 e. The molecule has 1 heterocycles. The average molecular weight is 290 g/mol. The summed E-state index contributed by atoms with van der Waals surface area (Å²) in [6, 6.07) is 0. The minimum absolute atomic E-state index is 0.195. The van der Waals surface area contributed by atoms with Crippen LogP contribution in [0.2, 0.25) is 0 Å². The number of alkyl halides is 1. The summed E-state index contributed by atoms with van der Waals surface area (Å²) >= 11 is 5.98. The van der Waals surface area contributed by atoms with Crippen molar-refractivity contribution in [2.45, 2.75) is 18.7 Å². The Kier molecular flexibility index (Phi) is 4.26. The summed E-state index contributed by atoms with van der Waals surface area (Å²) < 4.78 is 46.6. The Labute approximate surface area is 102 Å². The maximum atomic E-state index is 11.7. The van der Waals surface area contributed by atoms with Crippen LogP contribution in [0.3, 0.4) is 0 Å². The minimum atomic E-state index is -3.74. The van der Waals surface area contributed by atoms with Gasteiger partial charge in [-0.05, 0) is 12.3 Å². The molecule has 1 saturated heterocycles. The number of rotatable bonds is 3. The first kappa shape index (κ1) is 14.2. The second-order valence-corrected chi connectivity index (χ2v) is 9.33. The summed E-state index contributed by atoms with van der Waals surface area (Å²) in [6.45, 7) is 2.50. The van der Waals surface area contributed by atoms with Gasteiger partial charge >= 0.3 is 0 Å². The number of hydrogen-bond donors (Lipinski definition) is 0. The fourth-order valence-corrected chi connectivity index (χ4v) is 5.50. The van der Waals surface area contributed by atoms with E-state index < -0.39 is 24.9 Å². The van der Waals surface area contributed by atoms with Gasteiger partial charge in [-0.25, -0.2) is 16.8 Å². The van der Waals surface area contributed by atoms with Crippen molar-refractivity contribution in [2.75, 3.05) is 24.4 Å². The third-order valence-electron chi connectivity index (χ3n) is 2.59. The molecular weight excluding hydrogens is 274 g/mol. The number of sulfone groups is 1. The van der Waals surface area contributed by atoms with Crippen LogP contribution in [0.15, 0.2) is 0 Å². The van der Waals surface area contributed by atoms with Crippen LogP contribution in [0.25, 0.3) is 0 Å². The van der Waals surface area contributed by atoms with E-state index in [1.807, 2.05) is 6.92 Å². The van der Waals surface area contributed by atoms with E-state index in [4.69, 9.17) is 11.6 Å². The molecule has 0 amide bonds. The number of piperidine rings is 1. The van der Waals surface area contributed by atoms with Crippen molar-refractivity contribution < 1.29 is 16.8 Å². The molecule has 1 fully saturated rings. The molecule has 5 nitrogen and oxygen atoms in total. The van der Waals surface area contributed by atoms with E-state index in [2.05, 4.69) is 0 Å². The highest BCUT2D eigenvalue weighted by molar-refractivity contribution is 8.06. The highest BCUT2D eigenvalue weighted by Crippen LogP contribution is 2.24. The predicted octanol–water partition coefficient (Wildman–Crippen LogP) is 0.268. The molecule has 2 unspecified atom stereocenters. The second-order valence-electron chi connectivity index (χ2n) is 4.30. The predicted molar refractivity (Wildman–Crippen MR) is 63.6 cm³/mol. The Hall–Kier alpha value is 0.150. The second kappa shape index (κ2) is 4.80. The van der Waals surface area contributed by atoms with Gasteiger partial charge in [0.1, 0.15) is 0 Å². The summed E-state index contributed by atoms with van der Waals surface area (Å²) in [5.41, 5.74) is 0. The molecule has 0 aromatic heterocycles. The molecule has 0 aromatic rings. The van der Waals surface area contributed by atoms with Crippen molar-refractivity contribution in [3.63, 3.8) is 0 Å². The van der Waals surface area contributed by atoms with Gasteiger partial charge in [0.05, 0.1) is 0 Å². The van der Waals surface area contributed by atoms with Crippen molar-refractivity contribution in [3.8, 4) is 0 Å². The molecule has 8 heteroatoms. The van der Waals surface area contributed by atoms with Crippen LogP contribution in [0.5, 0.6) is 0 Å². The average Bonchev–Trinajstić information content (AvgIpc) is 2.05. The maximum absolute atomic E-state index is 11.7. The normalized spacial score (nSPS) is 29.2. The zero-order valence-corrected chi connectivity index (χ0v) is 11.6. The van der Waals surface area contributed by atoms with Crippen molar-refractivity contribution in [1.82, 2.24) is 4.31 Å². The monoisotopic (exact) mass is 289 g/mol. The maximum Gasteiger partial charge on any atom is 0.228 e. The summed E-state index contributed by atoms with van der Waals surface area (Å²) in [6.07, 6.45) is 1.58. The van der Waals surface area contributed by atoms with Crippen molar-refractivity contribution in [2.24, 2.45) is 5.92 Å². The Morgan fingerprint density at radius 3 is 2.31 bits per heavy atom. The van der Waals surface area contributed by atoms with E-state index in [0.717, 1.165) is 6.26 Å². The van der Waals surface area contributed by atoms with Crippen LogP contribution >= 0.6 is 11.6 Å². The quantitative estimate of drug-likeness (QED) is 0.699. The lowest BCUT2D eigenvalue weighted by atomic mass is 10.0. The van der Waals surface area contributed by atoms with Crippen LogP contribution in [-0.2, 0) is 19.9 Å². The van der Waals surface area contributed by atoms with Gasteiger partial charge in [-0.15, -0.1) is 11.6 Å². The van der Waals surface area contributed by atoms with Crippen LogP contribution in [0.4, 0.5) is 0 Å². The molecule has 0 aromatic carbocycles. The first-order valence-corrected chi connectivity index (χ1v) is 9.02. The van der Waals surface area contributed by atoms with Crippen LogP contribution in [-0.4, -0.2) is 50.9 Å². The summed E-state index contributed by atoms with van der Waals surface area (Å²) in [5.74, 6) is 0.256. The van der Waals surface area contributed by atoms with Gasteiger partial charge in [0, 0.05) is 24.7 Å². The fourth-order valence-electron chi connectivity index (χ4n) is 1.59. The van der Waals surface area contributed by atoms with E-state index in [0.29, 0.717) is 13.0 Å². The Balaban J connectivity index is 2.79. The van der Waals surface area contributed by atoms with Gasteiger partial charge in [0.15, 0.2) is 14.9 Å². The SMILES string of the molecule is CC1CCN(S(=O)(=O)CS(C)(=O)=O)CC1Cl. The van der Waals surface area contributed by atoms with E-state index in [1.54, 1.807) is 0 Å². The van der Waals surface area contributed by atoms with E-state index in [-0.39, 0.29) is 17.8 Å². The Morgan fingerprint density at radius 2 is 1.88 bits per heavy atom. The van der Waals surface area contributed by atoms with Gasteiger partial charge in [0.25, 0.3) is 0 Å². The summed E-state index contributed by atoms with van der Waals surface area (Å²) in [7, 11) is -7.27. The van der Waals surface area contributed by atoms with E-state index >= 15 is 0 Å². The molecular formula is C8H16ClNO4S2. The lowest BCUT2D eigenvalue weighted by Crippen LogP contribution is -2.45. The standard InChI is InChI=1S/C8H16ClNO4S2/c1-7-3-4-10(5-8(7)9)16(13,14)6-15(2,11)12/h7-8H,3-6H2,1-2H3.